The van der Waals surface area contributed by atoms with E-state index < -0.39 is 10.0 Å². The third kappa shape index (κ3) is 3.40. The number of carbonyl (C=O) groups is 1. The highest BCUT2D eigenvalue weighted by molar-refractivity contribution is 7.88. The quantitative estimate of drug-likeness (QED) is 0.841. The second kappa shape index (κ2) is 6.58. The van der Waals surface area contributed by atoms with Crippen molar-refractivity contribution in [2.45, 2.75) is 18.9 Å². The number of amides is 1. The van der Waals surface area contributed by atoms with Crippen LogP contribution < -0.4 is 10.9 Å². The number of carbonyl (C=O) groups excluding carboxylic acids is 1. The summed E-state index contributed by atoms with van der Waals surface area (Å²) in [5.41, 5.74) is 1.22. The molecule has 1 fully saturated rings. The zero-order valence-electron chi connectivity index (χ0n) is 14.8. The number of fused-ring (bicyclic) bond motifs is 4. The first kappa shape index (κ1) is 17.9. The van der Waals surface area contributed by atoms with E-state index in [1.54, 1.807) is 22.8 Å². The van der Waals surface area contributed by atoms with Crippen LogP contribution in [0.5, 0.6) is 0 Å². The van der Waals surface area contributed by atoms with Gasteiger partial charge >= 0.3 is 0 Å². The standard InChI is InChI=1S/C18H20N4O4S/c1-27(25,26)21-9-12-8-14(11-21)16-3-2-15(18(24)22(16)10-12)20-17(23)13-4-6-19-7-5-13/h2-7,12,14H,8-11H2,1H3,(H,20,23)/t12-,14+/m0/s1. The summed E-state index contributed by atoms with van der Waals surface area (Å²) >= 11 is 0. The normalized spacial score (nSPS) is 22.1. The predicted octanol–water partition coefficient (Wildman–Crippen LogP) is 0.874. The van der Waals surface area contributed by atoms with Gasteiger partial charge in [0.05, 0.1) is 6.26 Å². The molecule has 0 aliphatic carbocycles. The lowest BCUT2D eigenvalue weighted by Crippen LogP contribution is -2.49. The maximum absolute atomic E-state index is 12.9. The summed E-state index contributed by atoms with van der Waals surface area (Å²) in [5.74, 6) is -0.283. The van der Waals surface area contributed by atoms with E-state index in [1.165, 1.54) is 23.0 Å². The molecule has 4 heterocycles. The van der Waals surface area contributed by atoms with Gasteiger partial charge in [-0.2, -0.15) is 0 Å². The highest BCUT2D eigenvalue weighted by Crippen LogP contribution is 2.36. The topological polar surface area (TPSA) is 101 Å². The SMILES string of the molecule is CS(=O)(=O)N1C[C@@H]2C[C@H](C1)c1ccc(NC(=O)c3ccncc3)c(=O)n1C2. The van der Waals surface area contributed by atoms with E-state index in [4.69, 9.17) is 0 Å². The molecule has 2 aromatic heterocycles. The van der Waals surface area contributed by atoms with Crippen LogP contribution in [0.15, 0.2) is 41.5 Å². The van der Waals surface area contributed by atoms with Crippen LogP contribution >= 0.6 is 0 Å². The van der Waals surface area contributed by atoms with E-state index in [-0.39, 0.29) is 29.0 Å². The fraction of sp³-hybridized carbons (Fsp3) is 0.389. The van der Waals surface area contributed by atoms with Gasteiger partial charge in [0.15, 0.2) is 0 Å². The third-order valence-electron chi connectivity index (χ3n) is 5.23. The number of piperidine rings is 1. The lowest BCUT2D eigenvalue weighted by molar-refractivity contribution is 0.102. The summed E-state index contributed by atoms with van der Waals surface area (Å²) in [6.45, 7) is 1.27. The molecule has 4 rings (SSSR count). The summed E-state index contributed by atoms with van der Waals surface area (Å²) in [6, 6.07) is 6.58. The van der Waals surface area contributed by atoms with Crippen molar-refractivity contribution in [1.29, 1.82) is 0 Å². The molecule has 2 atom stereocenters. The number of sulfonamides is 1. The number of rotatable bonds is 3. The van der Waals surface area contributed by atoms with Crippen LogP contribution in [0.2, 0.25) is 0 Å². The van der Waals surface area contributed by atoms with Crippen molar-refractivity contribution in [2.24, 2.45) is 5.92 Å². The first-order valence-electron chi connectivity index (χ1n) is 8.73. The average Bonchev–Trinajstić information content (AvgIpc) is 2.64. The average molecular weight is 388 g/mol. The van der Waals surface area contributed by atoms with Gasteiger partial charge in [0.2, 0.25) is 10.0 Å². The molecule has 1 saturated heterocycles. The molecular weight excluding hydrogens is 368 g/mol. The number of anilines is 1. The number of nitrogens with zero attached hydrogens (tertiary/aromatic N) is 3. The van der Waals surface area contributed by atoms with E-state index >= 15 is 0 Å². The smallest absolute Gasteiger partial charge is 0.274 e. The number of hydrogen-bond donors (Lipinski definition) is 1. The fourth-order valence-electron chi connectivity index (χ4n) is 3.97. The molecule has 2 bridgehead atoms. The Morgan fingerprint density at radius 1 is 1.15 bits per heavy atom. The summed E-state index contributed by atoms with van der Waals surface area (Å²) in [4.78, 5) is 29.1. The van der Waals surface area contributed by atoms with Crippen molar-refractivity contribution in [1.82, 2.24) is 13.9 Å². The molecule has 2 aromatic rings. The van der Waals surface area contributed by atoms with E-state index in [1.807, 2.05) is 6.07 Å². The molecule has 0 unspecified atom stereocenters. The van der Waals surface area contributed by atoms with Crippen molar-refractivity contribution in [3.8, 4) is 0 Å². The Labute approximate surface area is 156 Å². The van der Waals surface area contributed by atoms with E-state index in [2.05, 4.69) is 10.3 Å². The van der Waals surface area contributed by atoms with Gasteiger partial charge in [-0.3, -0.25) is 14.6 Å². The minimum atomic E-state index is -3.25. The molecule has 8 nitrogen and oxygen atoms in total. The number of nitrogens with one attached hydrogen (secondary N) is 1. The molecule has 142 valence electrons. The van der Waals surface area contributed by atoms with Gasteiger partial charge in [0.25, 0.3) is 11.5 Å². The maximum atomic E-state index is 12.9. The minimum absolute atomic E-state index is 0.00938. The van der Waals surface area contributed by atoms with E-state index in [0.29, 0.717) is 25.2 Å². The summed E-state index contributed by atoms with van der Waals surface area (Å²) in [7, 11) is -3.25. The lowest BCUT2D eigenvalue weighted by Gasteiger charge is -2.41. The van der Waals surface area contributed by atoms with Gasteiger partial charge in [-0.15, -0.1) is 0 Å². The van der Waals surface area contributed by atoms with Crippen LogP contribution in [0.4, 0.5) is 5.69 Å². The van der Waals surface area contributed by atoms with E-state index in [0.717, 1.165) is 12.1 Å². The van der Waals surface area contributed by atoms with Crippen LogP contribution in [0.1, 0.15) is 28.4 Å². The summed E-state index contributed by atoms with van der Waals surface area (Å²) in [5, 5.41) is 2.67. The molecule has 1 amide bonds. The highest BCUT2D eigenvalue weighted by Gasteiger charge is 2.37. The van der Waals surface area contributed by atoms with Crippen LogP contribution in [-0.4, -0.2) is 47.5 Å². The molecule has 2 aliphatic rings. The maximum Gasteiger partial charge on any atom is 0.274 e. The lowest BCUT2D eigenvalue weighted by atomic mass is 9.84. The van der Waals surface area contributed by atoms with Crippen LogP contribution in [0.3, 0.4) is 0 Å². The second-order valence-electron chi connectivity index (χ2n) is 7.16. The van der Waals surface area contributed by atoms with Gasteiger partial charge in [0, 0.05) is 49.2 Å². The highest BCUT2D eigenvalue weighted by atomic mass is 32.2. The van der Waals surface area contributed by atoms with Gasteiger partial charge in [-0.25, -0.2) is 12.7 Å². The third-order valence-corrected chi connectivity index (χ3v) is 6.47. The largest absolute Gasteiger partial charge is 0.317 e. The molecule has 0 radical (unpaired) electrons. The molecular formula is C18H20N4O4S. The first-order chi connectivity index (χ1) is 12.8. The minimum Gasteiger partial charge on any atom is -0.317 e. The number of pyridine rings is 2. The Balaban J connectivity index is 1.63. The van der Waals surface area contributed by atoms with E-state index in [9.17, 15) is 18.0 Å². The Morgan fingerprint density at radius 3 is 2.59 bits per heavy atom. The Bertz CT molecular complexity index is 1050. The van der Waals surface area contributed by atoms with Crippen LogP contribution in [0, 0.1) is 5.92 Å². The summed E-state index contributed by atoms with van der Waals surface area (Å²) < 4.78 is 27.0. The molecule has 2 aliphatic heterocycles. The zero-order chi connectivity index (χ0) is 19.2. The Kier molecular flexibility index (Phi) is 4.35. The van der Waals surface area contributed by atoms with Crippen molar-refractivity contribution in [3.63, 3.8) is 0 Å². The number of hydrogen-bond acceptors (Lipinski definition) is 5. The van der Waals surface area contributed by atoms with Crippen molar-refractivity contribution >= 4 is 21.6 Å². The van der Waals surface area contributed by atoms with Crippen LogP contribution in [-0.2, 0) is 16.6 Å². The zero-order valence-corrected chi connectivity index (χ0v) is 15.6. The Morgan fingerprint density at radius 2 is 1.89 bits per heavy atom. The first-order valence-corrected chi connectivity index (χ1v) is 10.6. The molecule has 0 saturated carbocycles. The predicted molar refractivity (Wildman–Crippen MR) is 100 cm³/mol. The van der Waals surface area contributed by atoms with Crippen molar-refractivity contribution in [3.05, 3.63) is 58.3 Å². The summed E-state index contributed by atoms with van der Waals surface area (Å²) in [6.07, 6.45) is 5.12. The van der Waals surface area contributed by atoms with Gasteiger partial charge in [0.1, 0.15) is 5.69 Å². The molecule has 1 N–H and O–H groups in total. The van der Waals surface area contributed by atoms with Gasteiger partial charge < -0.3 is 9.88 Å². The molecule has 0 spiro atoms. The fourth-order valence-corrected chi connectivity index (χ4v) is 4.90. The van der Waals surface area contributed by atoms with Crippen molar-refractivity contribution < 1.29 is 13.2 Å². The molecule has 27 heavy (non-hydrogen) atoms. The van der Waals surface area contributed by atoms with Gasteiger partial charge in [-0.05, 0) is 36.6 Å². The number of aromatic nitrogens is 2. The second-order valence-corrected chi connectivity index (χ2v) is 9.14. The van der Waals surface area contributed by atoms with Gasteiger partial charge in [-0.1, -0.05) is 0 Å². The molecule has 9 heteroatoms. The van der Waals surface area contributed by atoms with Crippen molar-refractivity contribution in [2.75, 3.05) is 24.7 Å². The molecule has 0 aromatic carbocycles. The monoisotopic (exact) mass is 388 g/mol. The van der Waals surface area contributed by atoms with Crippen LogP contribution in [0.25, 0.3) is 0 Å². The Hall–Kier alpha value is -2.52.